The molecular weight excluding hydrogens is 112 g/mol. The van der Waals surface area contributed by atoms with Gasteiger partial charge in [0.15, 0.2) is 0 Å². The summed E-state index contributed by atoms with van der Waals surface area (Å²) in [6.07, 6.45) is 7.53. The van der Waals surface area contributed by atoms with E-state index in [1.807, 2.05) is 19.9 Å². The summed E-state index contributed by atoms with van der Waals surface area (Å²) in [5, 5.41) is 0. The van der Waals surface area contributed by atoms with Crippen molar-refractivity contribution >= 4 is 0 Å². The lowest BCUT2D eigenvalue weighted by atomic mass is 10.4. The minimum atomic E-state index is 0.305. The minimum Gasteiger partial charge on any atom is -0.491 e. The summed E-state index contributed by atoms with van der Waals surface area (Å²) in [5.41, 5.74) is 0. The zero-order valence-electron chi connectivity index (χ0n) is 5.92. The van der Waals surface area contributed by atoms with Crippen molar-refractivity contribution < 1.29 is 4.74 Å². The zero-order chi connectivity index (χ0) is 6.69. The minimum absolute atomic E-state index is 0.305. The molecule has 0 fully saturated rings. The Morgan fingerprint density at radius 2 is 2.33 bits per heavy atom. The van der Waals surface area contributed by atoms with Gasteiger partial charge in [0.1, 0.15) is 5.76 Å². The molecule has 0 bridgehead atoms. The molecule has 0 atom stereocenters. The Labute approximate surface area is 56.0 Å². The van der Waals surface area contributed by atoms with Crippen LogP contribution in [-0.2, 0) is 4.74 Å². The topological polar surface area (TPSA) is 9.23 Å². The van der Waals surface area contributed by atoms with E-state index in [0.29, 0.717) is 6.10 Å². The van der Waals surface area contributed by atoms with Crippen LogP contribution in [0.5, 0.6) is 0 Å². The molecule has 0 aromatic rings. The largest absolute Gasteiger partial charge is 0.491 e. The summed E-state index contributed by atoms with van der Waals surface area (Å²) in [6.45, 7) is 4.07. The fourth-order valence-electron chi connectivity index (χ4n) is 0.796. The summed E-state index contributed by atoms with van der Waals surface area (Å²) < 4.78 is 5.39. The second-order valence-electron chi connectivity index (χ2n) is 2.41. The average Bonchev–Trinajstić information content (AvgIpc) is 2.15. The normalized spacial score (nSPS) is 16.6. The first-order valence-electron chi connectivity index (χ1n) is 3.32. The molecule has 0 N–H and O–H groups in total. The van der Waals surface area contributed by atoms with E-state index in [0.717, 1.165) is 12.2 Å². The molecule has 1 aliphatic carbocycles. The summed E-state index contributed by atoms with van der Waals surface area (Å²) in [5.74, 6) is 1.02. The predicted molar refractivity (Wildman–Crippen MR) is 38.1 cm³/mol. The van der Waals surface area contributed by atoms with Crippen molar-refractivity contribution in [1.82, 2.24) is 0 Å². The standard InChI is InChI=1S/C8H12O/c1-7(2)9-8-5-3-4-6-8/h3,5-7H,4H2,1-2H3. The third-order valence-electron chi connectivity index (χ3n) is 1.11. The molecule has 1 nitrogen and oxygen atoms in total. The Balaban J connectivity index is 2.35. The molecule has 0 amide bonds. The SMILES string of the molecule is CC(C)OC1=CCC=C1. The molecule has 0 unspecified atom stereocenters. The number of hydrogen-bond donors (Lipinski definition) is 0. The fraction of sp³-hybridized carbons (Fsp3) is 0.500. The Morgan fingerprint density at radius 1 is 1.56 bits per heavy atom. The molecule has 1 rings (SSSR count). The van der Waals surface area contributed by atoms with Gasteiger partial charge in [0.05, 0.1) is 6.10 Å². The molecule has 0 aromatic carbocycles. The Hall–Kier alpha value is -0.720. The van der Waals surface area contributed by atoms with E-state index in [-0.39, 0.29) is 0 Å². The zero-order valence-corrected chi connectivity index (χ0v) is 5.92. The Kier molecular flexibility index (Phi) is 1.93. The van der Waals surface area contributed by atoms with Crippen molar-refractivity contribution in [2.75, 3.05) is 0 Å². The van der Waals surface area contributed by atoms with E-state index in [1.54, 1.807) is 0 Å². The van der Waals surface area contributed by atoms with Crippen LogP contribution in [0.25, 0.3) is 0 Å². The quantitative estimate of drug-likeness (QED) is 0.548. The van der Waals surface area contributed by atoms with Gasteiger partial charge in [-0.25, -0.2) is 0 Å². The van der Waals surface area contributed by atoms with Crippen LogP contribution in [-0.4, -0.2) is 6.10 Å². The van der Waals surface area contributed by atoms with E-state index < -0.39 is 0 Å². The molecule has 0 saturated heterocycles. The van der Waals surface area contributed by atoms with Crippen molar-refractivity contribution in [2.24, 2.45) is 0 Å². The van der Waals surface area contributed by atoms with Crippen molar-refractivity contribution in [3.8, 4) is 0 Å². The van der Waals surface area contributed by atoms with Gasteiger partial charge in [-0.2, -0.15) is 0 Å². The van der Waals surface area contributed by atoms with E-state index >= 15 is 0 Å². The fourth-order valence-corrected chi connectivity index (χ4v) is 0.796. The lowest BCUT2D eigenvalue weighted by Gasteiger charge is -2.07. The van der Waals surface area contributed by atoms with Crippen LogP contribution in [0.2, 0.25) is 0 Å². The molecule has 50 valence electrons. The van der Waals surface area contributed by atoms with Crippen molar-refractivity contribution in [2.45, 2.75) is 26.4 Å². The van der Waals surface area contributed by atoms with E-state index in [4.69, 9.17) is 4.74 Å². The van der Waals surface area contributed by atoms with Gasteiger partial charge in [0.2, 0.25) is 0 Å². The van der Waals surface area contributed by atoms with Gasteiger partial charge < -0.3 is 4.74 Å². The van der Waals surface area contributed by atoms with Crippen LogP contribution < -0.4 is 0 Å². The molecular formula is C8H12O. The van der Waals surface area contributed by atoms with Gasteiger partial charge in [-0.05, 0) is 32.4 Å². The second-order valence-corrected chi connectivity index (χ2v) is 2.41. The molecule has 1 aliphatic rings. The van der Waals surface area contributed by atoms with Gasteiger partial charge in [-0.1, -0.05) is 6.08 Å². The first-order chi connectivity index (χ1) is 4.29. The summed E-state index contributed by atoms with van der Waals surface area (Å²) in [4.78, 5) is 0. The Morgan fingerprint density at radius 3 is 2.78 bits per heavy atom. The molecule has 0 aromatic heterocycles. The van der Waals surface area contributed by atoms with E-state index in [9.17, 15) is 0 Å². The highest BCUT2D eigenvalue weighted by molar-refractivity contribution is 5.20. The second kappa shape index (κ2) is 2.72. The number of rotatable bonds is 2. The van der Waals surface area contributed by atoms with Crippen LogP contribution in [0.4, 0.5) is 0 Å². The van der Waals surface area contributed by atoms with Crippen LogP contribution in [0.1, 0.15) is 20.3 Å². The highest BCUT2D eigenvalue weighted by Crippen LogP contribution is 2.11. The van der Waals surface area contributed by atoms with Gasteiger partial charge in [0, 0.05) is 0 Å². The van der Waals surface area contributed by atoms with Gasteiger partial charge >= 0.3 is 0 Å². The van der Waals surface area contributed by atoms with Crippen molar-refractivity contribution in [1.29, 1.82) is 0 Å². The van der Waals surface area contributed by atoms with Crippen LogP contribution in [0, 0.1) is 0 Å². The molecule has 0 spiro atoms. The highest BCUT2D eigenvalue weighted by Gasteiger charge is 1.99. The number of ether oxygens (including phenoxy) is 1. The van der Waals surface area contributed by atoms with E-state index in [1.165, 1.54) is 0 Å². The number of allylic oxidation sites excluding steroid dienone is 3. The molecule has 0 saturated carbocycles. The van der Waals surface area contributed by atoms with Crippen LogP contribution in [0.3, 0.4) is 0 Å². The molecule has 0 heterocycles. The molecule has 9 heavy (non-hydrogen) atoms. The lowest BCUT2D eigenvalue weighted by molar-refractivity contribution is 0.158. The first-order valence-corrected chi connectivity index (χ1v) is 3.32. The smallest absolute Gasteiger partial charge is 0.115 e. The van der Waals surface area contributed by atoms with Gasteiger partial charge in [-0.15, -0.1) is 0 Å². The Bertz CT molecular complexity index is 143. The molecule has 0 radical (unpaired) electrons. The third-order valence-corrected chi connectivity index (χ3v) is 1.11. The number of hydrogen-bond acceptors (Lipinski definition) is 1. The average molecular weight is 124 g/mol. The first kappa shape index (κ1) is 6.40. The van der Waals surface area contributed by atoms with E-state index in [2.05, 4.69) is 12.2 Å². The maximum atomic E-state index is 5.39. The monoisotopic (exact) mass is 124 g/mol. The van der Waals surface area contributed by atoms with Crippen LogP contribution >= 0.6 is 0 Å². The molecule has 0 aliphatic heterocycles. The van der Waals surface area contributed by atoms with Gasteiger partial charge in [-0.3, -0.25) is 0 Å². The third kappa shape index (κ3) is 1.92. The van der Waals surface area contributed by atoms with Crippen molar-refractivity contribution in [3.05, 3.63) is 24.0 Å². The summed E-state index contributed by atoms with van der Waals surface area (Å²) in [6, 6.07) is 0. The maximum Gasteiger partial charge on any atom is 0.115 e. The van der Waals surface area contributed by atoms with Gasteiger partial charge in [0.25, 0.3) is 0 Å². The lowest BCUT2D eigenvalue weighted by Crippen LogP contribution is -1.99. The van der Waals surface area contributed by atoms with Crippen LogP contribution in [0.15, 0.2) is 24.0 Å². The van der Waals surface area contributed by atoms with Crippen molar-refractivity contribution in [3.63, 3.8) is 0 Å². The summed E-state index contributed by atoms with van der Waals surface area (Å²) in [7, 11) is 0. The summed E-state index contributed by atoms with van der Waals surface area (Å²) >= 11 is 0. The predicted octanol–water partition coefficient (Wildman–Crippen LogP) is 2.26. The highest BCUT2D eigenvalue weighted by atomic mass is 16.5. The maximum absolute atomic E-state index is 5.39. The molecule has 1 heteroatoms.